The van der Waals surface area contributed by atoms with Gasteiger partial charge in [0.2, 0.25) is 35.4 Å². The maximum atomic E-state index is 14.6. The zero-order chi connectivity index (χ0) is 50.5. The van der Waals surface area contributed by atoms with E-state index in [0.717, 1.165) is 33.2 Å². The molecule has 0 saturated carbocycles. The van der Waals surface area contributed by atoms with Gasteiger partial charge in [0, 0.05) is 36.4 Å². The summed E-state index contributed by atoms with van der Waals surface area (Å²) in [5, 5.41) is 37.0. The van der Waals surface area contributed by atoms with Gasteiger partial charge < -0.3 is 50.0 Å². The van der Waals surface area contributed by atoms with E-state index in [1.54, 1.807) is 33.9 Å². The summed E-state index contributed by atoms with van der Waals surface area (Å²) >= 11 is 0. The quantitative estimate of drug-likeness (QED) is 0.0389. The summed E-state index contributed by atoms with van der Waals surface area (Å²) in [4.78, 5) is 112. The number of aryl methyl sites for hydroxylation is 2. The van der Waals surface area contributed by atoms with Gasteiger partial charge in [-0.1, -0.05) is 121 Å². The van der Waals surface area contributed by atoms with Crippen molar-refractivity contribution in [2.45, 2.75) is 136 Å². The number of carbonyl (C=O) groups excluding carboxylic acids is 6. The first-order valence-electron chi connectivity index (χ1n) is 23.8. The van der Waals surface area contributed by atoms with Gasteiger partial charge in [0.1, 0.15) is 36.3 Å². The summed E-state index contributed by atoms with van der Waals surface area (Å²) in [6, 6.07) is 14.6. The molecule has 19 heteroatoms. The number of benzene rings is 3. The average Bonchev–Trinajstić information content (AvgIpc) is 3.64. The Balaban J connectivity index is 0.00000666. The molecule has 5 rings (SSSR count). The van der Waals surface area contributed by atoms with E-state index in [2.05, 4.69) is 36.9 Å². The fourth-order valence-electron chi connectivity index (χ4n) is 8.95. The van der Waals surface area contributed by atoms with Crippen molar-refractivity contribution >= 4 is 58.3 Å². The Kier molecular flexibility index (Phi) is 24.0. The first-order chi connectivity index (χ1) is 32.8. The van der Waals surface area contributed by atoms with Crippen molar-refractivity contribution in [3.8, 4) is 0 Å². The van der Waals surface area contributed by atoms with Crippen molar-refractivity contribution < 1.29 is 111 Å². The van der Waals surface area contributed by atoms with Crippen LogP contribution in [0, 0.1) is 17.8 Å². The molecule has 4 aromatic rings. The van der Waals surface area contributed by atoms with E-state index in [0.29, 0.717) is 31.2 Å². The van der Waals surface area contributed by atoms with Crippen molar-refractivity contribution in [2.75, 3.05) is 0 Å². The van der Waals surface area contributed by atoms with Gasteiger partial charge in [-0.2, -0.15) is 0 Å². The molecule has 1 aliphatic rings. The number of amides is 6. The zero-order valence-electron chi connectivity index (χ0n) is 44.4. The number of nitrogens with one attached hydrogen (secondary N) is 7. The van der Waals surface area contributed by atoms with Crippen LogP contribution in [0.15, 0.2) is 79.0 Å². The topological polar surface area (TPSA) is 265 Å². The van der Waals surface area contributed by atoms with Crippen molar-refractivity contribution in [3.05, 3.63) is 107 Å². The molecule has 1 aromatic heterocycles. The molecule has 1 heterocycles. The van der Waals surface area contributed by atoms with Gasteiger partial charge in [0.25, 0.3) is 0 Å². The van der Waals surface area contributed by atoms with E-state index in [1.165, 1.54) is 6.92 Å². The summed E-state index contributed by atoms with van der Waals surface area (Å²) < 4.78 is 0. The predicted octanol–water partition coefficient (Wildman–Crippen LogP) is -1.50. The summed E-state index contributed by atoms with van der Waals surface area (Å²) in [6.07, 6.45) is 3.00. The first-order valence-corrected chi connectivity index (χ1v) is 23.8. The Morgan fingerprint density at radius 1 is 0.620 bits per heavy atom. The van der Waals surface area contributed by atoms with Gasteiger partial charge in [0.15, 0.2) is 0 Å². The molecule has 1 aliphatic carbocycles. The molecule has 0 saturated heterocycles. The summed E-state index contributed by atoms with van der Waals surface area (Å²) in [5.41, 5.74) is 5.18. The third-order valence-electron chi connectivity index (χ3n) is 13.1. The minimum Gasteiger partial charge on any atom is -1.00 e. The van der Waals surface area contributed by atoms with Crippen molar-refractivity contribution in [3.63, 3.8) is 0 Å². The third kappa shape index (κ3) is 16.2. The number of carbonyl (C=O) groups is 8. The number of fused-ring (bicyclic) bond motifs is 3. The molecule has 0 radical (unpaired) electrons. The molecule has 0 bridgehead atoms. The smallest absolute Gasteiger partial charge is 1.00 e. The zero-order valence-corrected chi connectivity index (χ0v) is 46.4. The Hall–Kier alpha value is -5.04. The summed E-state index contributed by atoms with van der Waals surface area (Å²) in [7, 11) is 0. The third-order valence-corrected chi connectivity index (χ3v) is 13.1. The molecule has 71 heavy (non-hydrogen) atoms. The Bertz CT molecular complexity index is 2480. The van der Waals surface area contributed by atoms with Gasteiger partial charge in [-0.3, -0.25) is 33.6 Å². The number of carboxylic acid groups (broad SMARTS) is 2. The van der Waals surface area contributed by atoms with Gasteiger partial charge in [-0.05, 0) is 70.9 Å². The average molecular weight is 998 g/mol. The largest absolute Gasteiger partial charge is 1.00 e. The molecule has 3 unspecified atom stereocenters. The fraction of sp³-hybridized carbons (Fsp3) is 0.462. The normalized spacial score (nSPS) is 15.4. The van der Waals surface area contributed by atoms with Crippen LogP contribution in [-0.4, -0.2) is 98.8 Å². The standard InChI is InChI=1S/C52H67N7O10.2Na.2H/c1-8-29(5)44(49(65)57-41(52(68)69)25-34-27-53-38-21-15-14-18-35(34)38)59-50(66)45(30(6)9-2)58-48(64)40(26-42(61)62)55-47(63)39(24-28(3)4)56-51(67)46(54-31(7)60)43-36-19-12-10-16-32(36)22-23-33-17-11-13-20-37(33)43;;;;/h10-21,27-30,39-41,43-46,53H,8-9,22-26H2,1-7H3,(H,54,60)(H,55,63)(H,56,67)(H,57,65)(H,58,64)(H,59,66)(H,61,62)(H,68,69);;;;/q;2*+1;2*-1/t29?,30?,39-,40-,41-,44-,45-,46?;;;;/m0..../s1. The van der Waals surface area contributed by atoms with Crippen LogP contribution in [0.25, 0.3) is 10.9 Å². The second-order valence-electron chi connectivity index (χ2n) is 18.6. The van der Waals surface area contributed by atoms with Gasteiger partial charge in [-0.25, -0.2) is 4.79 Å². The number of aromatic amines is 1. The Morgan fingerprint density at radius 2 is 1.10 bits per heavy atom. The van der Waals surface area contributed by atoms with Crippen molar-refractivity contribution in [1.82, 2.24) is 36.9 Å². The molecule has 0 fully saturated rings. The van der Waals surface area contributed by atoms with Gasteiger partial charge >= 0.3 is 71.1 Å². The Morgan fingerprint density at radius 3 is 1.62 bits per heavy atom. The van der Waals surface area contributed by atoms with E-state index in [4.69, 9.17) is 0 Å². The molecule has 0 aliphatic heterocycles. The van der Waals surface area contributed by atoms with Crippen LogP contribution in [0.2, 0.25) is 0 Å². The first kappa shape index (κ1) is 60.3. The van der Waals surface area contributed by atoms with Gasteiger partial charge in [0.05, 0.1) is 6.42 Å². The molecule has 8 atom stereocenters. The molecule has 6 amide bonds. The maximum absolute atomic E-state index is 14.6. The second-order valence-corrected chi connectivity index (χ2v) is 18.6. The van der Waals surface area contributed by atoms with E-state index in [9.17, 15) is 48.6 Å². The fourth-order valence-corrected chi connectivity index (χ4v) is 8.95. The predicted molar refractivity (Wildman–Crippen MR) is 262 cm³/mol. The maximum Gasteiger partial charge on any atom is 1.00 e. The van der Waals surface area contributed by atoms with Crippen LogP contribution in [0.1, 0.15) is 111 Å². The van der Waals surface area contributed by atoms with E-state index in [1.807, 2.05) is 86.6 Å². The summed E-state index contributed by atoms with van der Waals surface area (Å²) in [6.45, 7) is 11.9. The molecule has 17 nitrogen and oxygen atoms in total. The van der Waals surface area contributed by atoms with Gasteiger partial charge in [-0.15, -0.1) is 0 Å². The van der Waals surface area contributed by atoms with Crippen LogP contribution in [-0.2, 0) is 57.6 Å². The van der Waals surface area contributed by atoms with E-state index >= 15 is 0 Å². The number of H-pyrrole nitrogens is 1. The minimum absolute atomic E-state index is 0. The SMILES string of the molecule is CCC(C)[C@H](NC(=O)[C@H](CC(=O)O)NC(=O)[C@H](CC(C)C)NC(=O)C(NC(C)=O)C1c2ccccc2CCc2ccccc21)C(=O)N[C@H](C(=O)N[C@@H](Cc1c[nH]c2ccccc12)C(=O)O)C(C)CC.[H-].[H-].[Na+].[Na+]. The van der Waals surface area contributed by atoms with E-state index < -0.39 is 108 Å². The van der Waals surface area contributed by atoms with Crippen LogP contribution in [0.4, 0.5) is 0 Å². The second kappa shape index (κ2) is 28.3. The van der Waals surface area contributed by atoms with Crippen LogP contribution >= 0.6 is 0 Å². The molecule has 0 spiro atoms. The Labute approximate surface area is 462 Å². The number of para-hydroxylation sites is 1. The summed E-state index contributed by atoms with van der Waals surface area (Å²) in [5.74, 6) is -9.11. The molecular formula is C52H69N7Na2O10. The number of aliphatic carboxylic acids is 2. The van der Waals surface area contributed by atoms with Crippen LogP contribution in [0.3, 0.4) is 0 Å². The van der Waals surface area contributed by atoms with Crippen LogP contribution in [0.5, 0.6) is 0 Å². The molecule has 374 valence electrons. The molecule has 3 aromatic carbocycles. The van der Waals surface area contributed by atoms with E-state index in [-0.39, 0.29) is 80.7 Å². The van der Waals surface area contributed by atoms with Crippen molar-refractivity contribution in [2.24, 2.45) is 17.8 Å². The number of aromatic nitrogens is 1. The number of hydrogen-bond acceptors (Lipinski definition) is 8. The number of carboxylic acids is 2. The monoisotopic (exact) mass is 997 g/mol. The molecule has 9 N–H and O–H groups in total. The molecular weight excluding hydrogens is 929 g/mol. The van der Waals surface area contributed by atoms with Crippen molar-refractivity contribution in [1.29, 1.82) is 0 Å². The minimum atomic E-state index is -1.72. The number of rotatable bonds is 23. The van der Waals surface area contributed by atoms with Crippen LogP contribution < -0.4 is 91.0 Å². The number of hydrogen-bond donors (Lipinski definition) is 9.